The average molecular weight is 510 g/mol. The summed E-state index contributed by atoms with van der Waals surface area (Å²) in [4.78, 5) is 4.72. The molecule has 0 bridgehead atoms. The number of para-hydroxylation sites is 2. The molecule has 9 rings (SSSR count). The summed E-state index contributed by atoms with van der Waals surface area (Å²) in [5, 5.41) is 7.52. The first-order chi connectivity index (χ1) is 19.9. The van der Waals surface area contributed by atoms with E-state index < -0.39 is 0 Å². The van der Waals surface area contributed by atoms with Crippen LogP contribution in [-0.4, -0.2) is 14.0 Å². The van der Waals surface area contributed by atoms with Crippen LogP contribution in [0, 0.1) is 0 Å². The van der Waals surface area contributed by atoms with Crippen molar-refractivity contribution in [1.29, 1.82) is 0 Å². The van der Waals surface area contributed by atoms with Crippen molar-refractivity contribution >= 4 is 59.9 Å². The maximum absolute atomic E-state index is 4.72. The highest BCUT2D eigenvalue weighted by Crippen LogP contribution is 2.41. The summed E-state index contributed by atoms with van der Waals surface area (Å²) in [7, 11) is 0. The van der Waals surface area contributed by atoms with Crippen molar-refractivity contribution in [3.63, 3.8) is 0 Å². The summed E-state index contributed by atoms with van der Waals surface area (Å²) < 4.78 is 4.88. The number of benzene rings is 5. The Morgan fingerprint density at radius 2 is 1.07 bits per heavy atom. The highest BCUT2D eigenvalue weighted by atomic mass is 15.0. The molecule has 9 aromatic rings. The van der Waals surface area contributed by atoms with E-state index in [4.69, 9.17) is 4.98 Å². The largest absolute Gasteiger partial charge is 0.307 e. The zero-order chi connectivity index (χ0) is 26.2. The lowest BCUT2D eigenvalue weighted by Crippen LogP contribution is -1.98. The van der Waals surface area contributed by atoms with Gasteiger partial charge in [-0.2, -0.15) is 0 Å². The van der Waals surface area contributed by atoms with Gasteiger partial charge in [-0.05, 0) is 35.2 Å². The first-order valence-corrected chi connectivity index (χ1v) is 13.6. The lowest BCUT2D eigenvalue weighted by molar-refractivity contribution is 1.14. The van der Waals surface area contributed by atoms with E-state index >= 15 is 0 Å². The van der Waals surface area contributed by atoms with E-state index in [9.17, 15) is 0 Å². The number of hydrogen-bond donors (Lipinski definition) is 0. The van der Waals surface area contributed by atoms with Crippen LogP contribution in [0.1, 0.15) is 0 Å². The van der Waals surface area contributed by atoms with Gasteiger partial charge in [-0.25, -0.2) is 0 Å². The van der Waals surface area contributed by atoms with Crippen LogP contribution < -0.4 is 0 Å². The van der Waals surface area contributed by atoms with Crippen LogP contribution in [0.3, 0.4) is 0 Å². The quantitative estimate of drug-likeness (QED) is 0.213. The molecule has 5 aromatic carbocycles. The molecule has 4 aromatic heterocycles. The standard InChI is InChI=1S/C37H23N3/c1-2-10-24(11-3-1)26-20-27(23-38-22-26)39-33-16-8-7-15-31(33)32-19-18-25-21-35-30-14-5-4-12-28(30)29-13-6-9-17-34(29)40(35)36(25)37(32)39/h1-23H. The smallest absolute Gasteiger partial charge is 0.0789 e. The number of fused-ring (bicyclic) bond motifs is 12. The molecule has 0 aliphatic rings. The van der Waals surface area contributed by atoms with Crippen LogP contribution in [0.2, 0.25) is 0 Å². The van der Waals surface area contributed by atoms with Gasteiger partial charge in [0.25, 0.3) is 0 Å². The summed E-state index contributed by atoms with van der Waals surface area (Å²) in [6, 6.07) is 45.9. The van der Waals surface area contributed by atoms with Crippen molar-refractivity contribution in [3.8, 4) is 16.8 Å². The Labute approximate surface area is 230 Å². The van der Waals surface area contributed by atoms with Crippen LogP contribution in [0.15, 0.2) is 140 Å². The zero-order valence-electron chi connectivity index (χ0n) is 21.6. The molecule has 40 heavy (non-hydrogen) atoms. The van der Waals surface area contributed by atoms with Gasteiger partial charge in [-0.15, -0.1) is 0 Å². The molecule has 0 atom stereocenters. The fraction of sp³-hybridized carbons (Fsp3) is 0. The van der Waals surface area contributed by atoms with Crippen molar-refractivity contribution in [3.05, 3.63) is 140 Å². The van der Waals surface area contributed by atoms with Gasteiger partial charge in [0.2, 0.25) is 0 Å². The molecule has 0 N–H and O–H groups in total. The van der Waals surface area contributed by atoms with E-state index in [0.717, 1.165) is 16.8 Å². The number of rotatable bonds is 2. The summed E-state index contributed by atoms with van der Waals surface area (Å²) in [6.45, 7) is 0. The maximum atomic E-state index is 4.72. The third kappa shape index (κ3) is 2.86. The van der Waals surface area contributed by atoms with Gasteiger partial charge < -0.3 is 8.97 Å². The van der Waals surface area contributed by atoms with Crippen molar-refractivity contribution < 1.29 is 0 Å². The van der Waals surface area contributed by atoms with Gasteiger partial charge in [-0.3, -0.25) is 4.98 Å². The molecule has 0 aliphatic heterocycles. The normalized spacial score (nSPS) is 12.0. The van der Waals surface area contributed by atoms with E-state index in [0.29, 0.717) is 0 Å². The molecule has 0 saturated carbocycles. The van der Waals surface area contributed by atoms with Gasteiger partial charge in [0.15, 0.2) is 0 Å². The second-order valence-electron chi connectivity index (χ2n) is 10.5. The van der Waals surface area contributed by atoms with Crippen molar-refractivity contribution in [2.24, 2.45) is 0 Å². The van der Waals surface area contributed by atoms with Crippen LogP contribution in [0.25, 0.3) is 76.7 Å². The molecule has 0 fully saturated rings. The predicted molar refractivity (Wildman–Crippen MR) is 167 cm³/mol. The predicted octanol–water partition coefficient (Wildman–Crippen LogP) is 9.56. The van der Waals surface area contributed by atoms with Crippen molar-refractivity contribution in [2.75, 3.05) is 0 Å². The second-order valence-corrected chi connectivity index (χ2v) is 10.5. The summed E-state index contributed by atoms with van der Waals surface area (Å²) >= 11 is 0. The van der Waals surface area contributed by atoms with Gasteiger partial charge in [0.05, 0.1) is 39.5 Å². The molecule has 3 nitrogen and oxygen atoms in total. The fourth-order valence-electron chi connectivity index (χ4n) is 6.63. The molecule has 0 saturated heterocycles. The molecule has 0 spiro atoms. The maximum Gasteiger partial charge on any atom is 0.0789 e. The summed E-state index contributed by atoms with van der Waals surface area (Å²) in [5.41, 5.74) is 9.36. The first-order valence-electron chi connectivity index (χ1n) is 13.6. The van der Waals surface area contributed by atoms with Crippen LogP contribution >= 0.6 is 0 Å². The fourth-order valence-corrected chi connectivity index (χ4v) is 6.63. The minimum absolute atomic E-state index is 1.06. The summed E-state index contributed by atoms with van der Waals surface area (Å²) in [5.74, 6) is 0. The van der Waals surface area contributed by atoms with Crippen LogP contribution in [0.4, 0.5) is 0 Å². The van der Waals surface area contributed by atoms with E-state index in [1.54, 1.807) is 0 Å². The van der Waals surface area contributed by atoms with Crippen LogP contribution in [-0.2, 0) is 0 Å². The van der Waals surface area contributed by atoms with Gasteiger partial charge in [-0.1, -0.05) is 103 Å². The second kappa shape index (κ2) is 8.05. The average Bonchev–Trinajstić information content (AvgIpc) is 3.58. The third-order valence-corrected chi connectivity index (χ3v) is 8.33. The highest BCUT2D eigenvalue weighted by Gasteiger charge is 2.20. The van der Waals surface area contributed by atoms with Gasteiger partial charge in [0, 0.05) is 38.7 Å². The molecule has 0 aliphatic carbocycles. The Balaban J connectivity index is 1.51. The minimum atomic E-state index is 1.06. The van der Waals surface area contributed by atoms with Gasteiger partial charge in [0.1, 0.15) is 0 Å². The number of aromatic nitrogens is 3. The molecular weight excluding hydrogens is 486 g/mol. The Bertz CT molecular complexity index is 2430. The van der Waals surface area contributed by atoms with E-state index in [1.165, 1.54) is 59.9 Å². The Morgan fingerprint density at radius 1 is 0.425 bits per heavy atom. The zero-order valence-corrected chi connectivity index (χ0v) is 21.6. The van der Waals surface area contributed by atoms with E-state index in [1.807, 2.05) is 12.4 Å². The lowest BCUT2D eigenvalue weighted by Gasteiger charge is -2.13. The molecule has 186 valence electrons. The SMILES string of the molecule is c1ccc(-c2cncc(-n3c4ccccc4c4ccc5cc6c7ccccc7c7ccccc7n6c5c43)c2)cc1. The molecular formula is C37H23N3. The molecule has 0 amide bonds. The number of nitrogens with zero attached hydrogens (tertiary/aromatic N) is 3. The van der Waals surface area contributed by atoms with E-state index in [-0.39, 0.29) is 0 Å². The minimum Gasteiger partial charge on any atom is -0.307 e. The third-order valence-electron chi connectivity index (χ3n) is 8.33. The Kier molecular flexibility index (Phi) is 4.33. The Morgan fingerprint density at radius 3 is 1.88 bits per heavy atom. The van der Waals surface area contributed by atoms with E-state index in [2.05, 4.69) is 136 Å². The Hall–Kier alpha value is -5.41. The lowest BCUT2D eigenvalue weighted by atomic mass is 10.1. The van der Waals surface area contributed by atoms with Crippen molar-refractivity contribution in [2.45, 2.75) is 0 Å². The number of hydrogen-bond acceptors (Lipinski definition) is 1. The molecule has 3 heteroatoms. The number of pyridine rings is 2. The topological polar surface area (TPSA) is 22.2 Å². The molecule has 0 unspecified atom stereocenters. The monoisotopic (exact) mass is 509 g/mol. The van der Waals surface area contributed by atoms with Gasteiger partial charge >= 0.3 is 0 Å². The first kappa shape index (κ1) is 21.5. The summed E-state index contributed by atoms with van der Waals surface area (Å²) in [6.07, 6.45) is 3.94. The molecule has 4 heterocycles. The van der Waals surface area contributed by atoms with Crippen LogP contribution in [0.5, 0.6) is 0 Å². The molecule has 0 radical (unpaired) electrons. The highest BCUT2D eigenvalue weighted by molar-refractivity contribution is 6.22. The van der Waals surface area contributed by atoms with Crippen molar-refractivity contribution in [1.82, 2.24) is 14.0 Å².